The van der Waals surface area contributed by atoms with Crippen molar-refractivity contribution in [2.75, 3.05) is 20.3 Å². The number of benzene rings is 2. The standard InChI is InChI=1S/C21H18BrNO4/c1-26-11-5-10-23-18(13-6-4-7-14(22)12-13)17-19(24)15-8-2-3-9-16(15)27-20(17)21(23)25/h2-4,6-9,12,18H,5,10-11H2,1H3. The molecule has 0 spiro atoms. The van der Waals surface area contributed by atoms with Gasteiger partial charge in [0.25, 0.3) is 5.91 Å². The van der Waals surface area contributed by atoms with Gasteiger partial charge in [0.05, 0.1) is 17.0 Å². The molecule has 1 unspecified atom stereocenters. The van der Waals surface area contributed by atoms with Gasteiger partial charge >= 0.3 is 0 Å². The number of ether oxygens (including phenoxy) is 1. The van der Waals surface area contributed by atoms with Gasteiger partial charge in [0.1, 0.15) is 5.58 Å². The molecule has 6 heteroatoms. The summed E-state index contributed by atoms with van der Waals surface area (Å²) in [6.07, 6.45) is 0.675. The number of rotatable bonds is 5. The van der Waals surface area contributed by atoms with E-state index in [2.05, 4.69) is 15.9 Å². The summed E-state index contributed by atoms with van der Waals surface area (Å²) in [6, 6.07) is 14.2. The molecule has 3 aromatic rings. The van der Waals surface area contributed by atoms with E-state index in [4.69, 9.17) is 9.15 Å². The van der Waals surface area contributed by atoms with Gasteiger partial charge in [-0.2, -0.15) is 0 Å². The van der Waals surface area contributed by atoms with Crippen LogP contribution in [0.2, 0.25) is 0 Å². The monoisotopic (exact) mass is 427 g/mol. The Hall–Kier alpha value is -2.44. The van der Waals surface area contributed by atoms with Crippen molar-refractivity contribution in [3.05, 3.63) is 80.1 Å². The van der Waals surface area contributed by atoms with Crippen LogP contribution in [-0.2, 0) is 4.74 Å². The number of carbonyl (C=O) groups is 1. The number of nitrogens with zero attached hydrogens (tertiary/aromatic N) is 1. The van der Waals surface area contributed by atoms with Gasteiger partial charge in [0.15, 0.2) is 5.43 Å². The van der Waals surface area contributed by atoms with Crippen LogP contribution in [0.4, 0.5) is 0 Å². The highest BCUT2D eigenvalue weighted by Gasteiger charge is 2.42. The Kier molecular flexibility index (Phi) is 4.85. The van der Waals surface area contributed by atoms with Gasteiger partial charge in [-0.05, 0) is 36.2 Å². The van der Waals surface area contributed by atoms with Crippen LogP contribution >= 0.6 is 15.9 Å². The fourth-order valence-corrected chi connectivity index (χ4v) is 4.02. The molecule has 1 aliphatic heterocycles. The first-order valence-electron chi connectivity index (χ1n) is 8.73. The van der Waals surface area contributed by atoms with Crippen LogP contribution < -0.4 is 5.43 Å². The number of hydrogen-bond acceptors (Lipinski definition) is 4. The largest absolute Gasteiger partial charge is 0.450 e. The van der Waals surface area contributed by atoms with E-state index in [1.165, 1.54) is 0 Å². The van der Waals surface area contributed by atoms with E-state index in [9.17, 15) is 9.59 Å². The van der Waals surface area contributed by atoms with Crippen molar-refractivity contribution in [2.24, 2.45) is 0 Å². The highest BCUT2D eigenvalue weighted by molar-refractivity contribution is 9.10. The quantitative estimate of drug-likeness (QED) is 0.574. The lowest BCUT2D eigenvalue weighted by Gasteiger charge is -2.25. The lowest BCUT2D eigenvalue weighted by atomic mass is 9.98. The van der Waals surface area contributed by atoms with Crippen LogP contribution in [0.1, 0.15) is 34.1 Å². The molecule has 1 aliphatic rings. The Labute approximate surface area is 164 Å². The smallest absolute Gasteiger partial charge is 0.290 e. The van der Waals surface area contributed by atoms with Gasteiger partial charge in [0.2, 0.25) is 5.76 Å². The maximum atomic E-state index is 13.2. The van der Waals surface area contributed by atoms with Gasteiger partial charge in [0, 0.05) is 24.7 Å². The number of carbonyl (C=O) groups excluding carboxylic acids is 1. The summed E-state index contributed by atoms with van der Waals surface area (Å²) in [6.45, 7) is 1.01. The van der Waals surface area contributed by atoms with E-state index >= 15 is 0 Å². The van der Waals surface area contributed by atoms with Crippen LogP contribution in [0.3, 0.4) is 0 Å². The summed E-state index contributed by atoms with van der Waals surface area (Å²) >= 11 is 3.48. The third-order valence-electron chi connectivity index (χ3n) is 4.79. The molecule has 138 valence electrons. The Balaban J connectivity index is 1.92. The van der Waals surface area contributed by atoms with E-state index in [1.54, 1.807) is 36.3 Å². The van der Waals surface area contributed by atoms with Crippen molar-refractivity contribution in [3.63, 3.8) is 0 Å². The maximum absolute atomic E-state index is 13.2. The van der Waals surface area contributed by atoms with Crippen molar-refractivity contribution < 1.29 is 13.9 Å². The highest BCUT2D eigenvalue weighted by Crippen LogP contribution is 2.38. The molecule has 5 nitrogen and oxygen atoms in total. The molecule has 2 heterocycles. The lowest BCUT2D eigenvalue weighted by molar-refractivity contribution is 0.0708. The second-order valence-electron chi connectivity index (χ2n) is 6.47. The fourth-order valence-electron chi connectivity index (χ4n) is 3.60. The zero-order chi connectivity index (χ0) is 19.0. The van der Waals surface area contributed by atoms with Crippen LogP contribution in [0.15, 0.2) is 62.2 Å². The molecular weight excluding hydrogens is 410 g/mol. The van der Waals surface area contributed by atoms with Gasteiger partial charge < -0.3 is 14.1 Å². The average Bonchev–Trinajstić information content (AvgIpc) is 2.95. The molecule has 0 N–H and O–H groups in total. The van der Waals surface area contributed by atoms with Crippen LogP contribution in [0.5, 0.6) is 0 Å². The van der Waals surface area contributed by atoms with Crippen LogP contribution in [-0.4, -0.2) is 31.1 Å². The van der Waals surface area contributed by atoms with Crippen molar-refractivity contribution in [1.82, 2.24) is 4.90 Å². The zero-order valence-corrected chi connectivity index (χ0v) is 16.4. The minimum Gasteiger partial charge on any atom is -0.450 e. The fraction of sp³-hybridized carbons (Fsp3) is 0.238. The minimum atomic E-state index is -0.470. The summed E-state index contributed by atoms with van der Waals surface area (Å²) in [4.78, 5) is 28.0. The second-order valence-corrected chi connectivity index (χ2v) is 7.39. The molecule has 4 rings (SSSR count). The first-order valence-corrected chi connectivity index (χ1v) is 9.52. The Bertz CT molecular complexity index is 1080. The van der Waals surface area contributed by atoms with Crippen LogP contribution in [0, 0.1) is 0 Å². The Morgan fingerprint density at radius 2 is 1.96 bits per heavy atom. The third kappa shape index (κ3) is 3.09. The molecule has 1 aromatic heterocycles. The van der Waals surface area contributed by atoms with Gasteiger partial charge in [-0.25, -0.2) is 0 Å². The predicted octanol–water partition coefficient (Wildman–Crippen LogP) is 4.14. The predicted molar refractivity (Wildman–Crippen MR) is 106 cm³/mol. The van der Waals surface area contributed by atoms with Crippen molar-refractivity contribution in [2.45, 2.75) is 12.5 Å². The number of amides is 1. The minimum absolute atomic E-state index is 0.140. The summed E-state index contributed by atoms with van der Waals surface area (Å²) in [5, 5.41) is 0.489. The van der Waals surface area contributed by atoms with E-state index in [-0.39, 0.29) is 17.1 Å². The van der Waals surface area contributed by atoms with Gasteiger partial charge in [-0.1, -0.05) is 40.2 Å². The van der Waals surface area contributed by atoms with Crippen molar-refractivity contribution in [1.29, 1.82) is 0 Å². The molecule has 0 saturated heterocycles. The number of para-hydroxylation sites is 1. The van der Waals surface area contributed by atoms with Crippen molar-refractivity contribution in [3.8, 4) is 0 Å². The van der Waals surface area contributed by atoms with E-state index < -0.39 is 6.04 Å². The second kappa shape index (κ2) is 7.29. The highest BCUT2D eigenvalue weighted by atomic mass is 79.9. The number of hydrogen-bond donors (Lipinski definition) is 0. The molecule has 1 atom stereocenters. The first kappa shape index (κ1) is 17.9. The van der Waals surface area contributed by atoms with Crippen molar-refractivity contribution >= 4 is 32.8 Å². The molecule has 0 fully saturated rings. The molecule has 27 heavy (non-hydrogen) atoms. The number of halogens is 1. The van der Waals surface area contributed by atoms with Gasteiger partial charge in [-0.15, -0.1) is 0 Å². The summed E-state index contributed by atoms with van der Waals surface area (Å²) < 4.78 is 11.9. The Morgan fingerprint density at radius 1 is 1.15 bits per heavy atom. The molecule has 1 amide bonds. The Morgan fingerprint density at radius 3 is 2.74 bits per heavy atom. The third-order valence-corrected chi connectivity index (χ3v) is 5.28. The number of fused-ring (bicyclic) bond motifs is 2. The molecule has 0 radical (unpaired) electrons. The normalized spacial score (nSPS) is 16.1. The SMILES string of the molecule is COCCCN1C(=O)c2oc3ccccc3c(=O)c2C1c1cccc(Br)c1. The molecule has 0 aliphatic carbocycles. The lowest BCUT2D eigenvalue weighted by Crippen LogP contribution is -2.31. The average molecular weight is 428 g/mol. The maximum Gasteiger partial charge on any atom is 0.290 e. The molecule has 0 saturated carbocycles. The summed E-state index contributed by atoms with van der Waals surface area (Å²) in [5.74, 6) is -0.116. The topological polar surface area (TPSA) is 59.8 Å². The van der Waals surface area contributed by atoms with E-state index in [1.807, 2.05) is 24.3 Å². The van der Waals surface area contributed by atoms with E-state index in [0.717, 1.165) is 10.0 Å². The van der Waals surface area contributed by atoms with E-state index in [0.29, 0.717) is 36.1 Å². The molecular formula is C21H18BrNO4. The molecule has 2 aromatic carbocycles. The number of methoxy groups -OCH3 is 1. The first-order chi connectivity index (χ1) is 13.1. The summed E-state index contributed by atoms with van der Waals surface area (Å²) in [5.41, 5.74) is 1.56. The molecule has 0 bridgehead atoms. The van der Waals surface area contributed by atoms with Crippen LogP contribution in [0.25, 0.3) is 11.0 Å². The summed E-state index contributed by atoms with van der Waals surface area (Å²) in [7, 11) is 1.63. The van der Waals surface area contributed by atoms with Gasteiger partial charge in [-0.3, -0.25) is 9.59 Å². The zero-order valence-electron chi connectivity index (χ0n) is 14.8.